The molecule has 1 aliphatic heterocycles. The van der Waals surface area contributed by atoms with Crippen molar-refractivity contribution in [3.8, 4) is 0 Å². The van der Waals surface area contributed by atoms with E-state index in [9.17, 15) is 4.79 Å². The molecule has 0 spiro atoms. The molecule has 2 aromatic rings. The van der Waals surface area contributed by atoms with E-state index in [1.54, 1.807) is 12.1 Å². The zero-order valence-corrected chi connectivity index (χ0v) is 14.7. The Balaban J connectivity index is 1.90. The van der Waals surface area contributed by atoms with Crippen LogP contribution >= 0.6 is 45.7 Å². The standard InChI is InChI=1S/C13H10IN3O2S2/c1-2-9-16-17-13(21-9)10-11(18)7(20-12(10)15)5-6-3-4-8(14)19-6/h3-5,10,15H,2H2,1H3/b7-5-,15-12?/t10-/m1/s1. The Hall–Kier alpha value is -1.00. The van der Waals surface area contributed by atoms with E-state index in [4.69, 9.17) is 9.83 Å². The van der Waals surface area contributed by atoms with Gasteiger partial charge in [0.1, 0.15) is 21.7 Å². The molecule has 3 heterocycles. The third-order valence-electron chi connectivity index (χ3n) is 2.89. The number of halogens is 1. The first-order valence-corrected chi connectivity index (χ1v) is 8.89. The van der Waals surface area contributed by atoms with Gasteiger partial charge in [0, 0.05) is 0 Å². The van der Waals surface area contributed by atoms with E-state index in [-0.39, 0.29) is 5.78 Å². The number of aromatic nitrogens is 2. The van der Waals surface area contributed by atoms with Gasteiger partial charge in [0.15, 0.2) is 9.55 Å². The van der Waals surface area contributed by atoms with Crippen molar-refractivity contribution in [1.29, 1.82) is 5.41 Å². The number of ketones is 1. The fourth-order valence-corrected chi connectivity index (χ4v) is 4.24. The van der Waals surface area contributed by atoms with Crippen LogP contribution in [0, 0.1) is 9.18 Å². The number of hydrogen-bond donors (Lipinski definition) is 1. The van der Waals surface area contributed by atoms with Gasteiger partial charge in [-0.2, -0.15) is 0 Å². The highest BCUT2D eigenvalue weighted by Gasteiger charge is 2.39. The SMILES string of the molecule is CCc1nnc([C@H]2C(=N)S/C(=C\c3ccc(I)o3)C2=O)s1. The number of Topliss-reactive ketones (excluding diaryl/α,β-unsaturated/α-hetero) is 1. The smallest absolute Gasteiger partial charge is 0.186 e. The first-order chi connectivity index (χ1) is 10.1. The summed E-state index contributed by atoms with van der Waals surface area (Å²) in [6.45, 7) is 1.99. The van der Waals surface area contributed by atoms with Gasteiger partial charge in [0.05, 0.1) is 9.95 Å². The maximum absolute atomic E-state index is 12.5. The molecule has 5 nitrogen and oxygen atoms in total. The van der Waals surface area contributed by atoms with Crippen LogP contribution in [0.3, 0.4) is 0 Å². The van der Waals surface area contributed by atoms with E-state index >= 15 is 0 Å². The van der Waals surface area contributed by atoms with Gasteiger partial charge in [-0.15, -0.1) is 21.5 Å². The Labute approximate surface area is 142 Å². The molecule has 1 N–H and O–H groups in total. The van der Waals surface area contributed by atoms with E-state index in [1.807, 2.05) is 13.0 Å². The zero-order valence-electron chi connectivity index (χ0n) is 10.9. The van der Waals surface area contributed by atoms with Crippen molar-refractivity contribution in [1.82, 2.24) is 10.2 Å². The summed E-state index contributed by atoms with van der Waals surface area (Å²) >= 11 is 4.64. The van der Waals surface area contributed by atoms with Crippen molar-refractivity contribution in [3.05, 3.63) is 36.6 Å². The second-order valence-electron chi connectivity index (χ2n) is 4.30. The number of aryl methyl sites for hydroxylation is 1. The number of nitrogens with one attached hydrogen (secondary N) is 1. The highest BCUT2D eigenvalue weighted by Crippen LogP contribution is 2.41. The Bertz CT molecular complexity index is 750. The summed E-state index contributed by atoms with van der Waals surface area (Å²) < 4.78 is 6.20. The topological polar surface area (TPSA) is 79.8 Å². The lowest BCUT2D eigenvalue weighted by molar-refractivity contribution is -0.114. The first-order valence-electron chi connectivity index (χ1n) is 6.18. The second kappa shape index (κ2) is 6.01. The van der Waals surface area contributed by atoms with Gasteiger partial charge in [-0.3, -0.25) is 10.2 Å². The summed E-state index contributed by atoms with van der Waals surface area (Å²) in [6.07, 6.45) is 2.47. The average molecular weight is 431 g/mol. The van der Waals surface area contributed by atoms with Crippen LogP contribution in [0.2, 0.25) is 0 Å². The number of carbonyl (C=O) groups is 1. The predicted molar refractivity (Wildman–Crippen MR) is 91.8 cm³/mol. The quantitative estimate of drug-likeness (QED) is 0.592. The average Bonchev–Trinajstić information content (AvgIpc) is 3.12. The molecule has 1 aliphatic rings. The van der Waals surface area contributed by atoms with Crippen molar-refractivity contribution in [2.45, 2.75) is 19.3 Å². The molecule has 0 saturated carbocycles. The minimum atomic E-state index is -0.604. The molecule has 3 rings (SSSR count). The van der Waals surface area contributed by atoms with Crippen molar-refractivity contribution in [2.24, 2.45) is 0 Å². The van der Waals surface area contributed by atoms with Crippen LogP contribution in [-0.2, 0) is 11.2 Å². The molecule has 108 valence electrons. The fourth-order valence-electron chi connectivity index (χ4n) is 1.88. The summed E-state index contributed by atoms with van der Waals surface area (Å²) in [6, 6.07) is 3.64. The summed E-state index contributed by atoms with van der Waals surface area (Å²) in [5.41, 5.74) is 0. The van der Waals surface area contributed by atoms with Crippen molar-refractivity contribution in [3.63, 3.8) is 0 Å². The van der Waals surface area contributed by atoms with E-state index in [0.29, 0.717) is 20.7 Å². The van der Waals surface area contributed by atoms with Gasteiger partial charge >= 0.3 is 0 Å². The third kappa shape index (κ3) is 2.97. The minimum absolute atomic E-state index is 0.102. The third-order valence-corrected chi connectivity index (χ3v) is 5.59. The van der Waals surface area contributed by atoms with Crippen LogP contribution < -0.4 is 0 Å². The number of rotatable bonds is 3. The van der Waals surface area contributed by atoms with Crippen molar-refractivity contribution in [2.75, 3.05) is 0 Å². The van der Waals surface area contributed by atoms with Crippen LogP contribution in [0.25, 0.3) is 6.08 Å². The molecule has 1 fully saturated rings. The first kappa shape index (κ1) is 14.9. The largest absolute Gasteiger partial charge is 0.451 e. The maximum Gasteiger partial charge on any atom is 0.186 e. The highest BCUT2D eigenvalue weighted by atomic mass is 127. The Morgan fingerprint density at radius 3 is 2.90 bits per heavy atom. The fraction of sp³-hybridized carbons (Fsp3) is 0.231. The number of allylic oxidation sites excluding steroid dienone is 1. The highest BCUT2D eigenvalue weighted by molar-refractivity contribution is 14.1. The van der Waals surface area contributed by atoms with Crippen LogP contribution in [0.15, 0.2) is 21.5 Å². The normalized spacial score (nSPS) is 20.7. The Morgan fingerprint density at radius 1 is 1.48 bits per heavy atom. The van der Waals surface area contributed by atoms with Crippen LogP contribution in [0.4, 0.5) is 0 Å². The molecule has 0 radical (unpaired) electrons. The lowest BCUT2D eigenvalue weighted by atomic mass is 10.1. The van der Waals surface area contributed by atoms with E-state index in [1.165, 1.54) is 23.1 Å². The second-order valence-corrected chi connectivity index (χ2v) is 7.54. The molecule has 8 heteroatoms. The van der Waals surface area contributed by atoms with Crippen molar-refractivity contribution >= 4 is 62.6 Å². The molecule has 21 heavy (non-hydrogen) atoms. The van der Waals surface area contributed by atoms with Crippen LogP contribution in [0.1, 0.15) is 28.6 Å². The Morgan fingerprint density at radius 2 is 2.29 bits per heavy atom. The van der Waals surface area contributed by atoms with E-state index in [2.05, 4.69) is 32.8 Å². The van der Waals surface area contributed by atoms with Gasteiger partial charge in [0.2, 0.25) is 0 Å². The van der Waals surface area contributed by atoms with Gasteiger partial charge in [-0.25, -0.2) is 0 Å². The molecule has 0 aromatic carbocycles. The molecule has 1 saturated heterocycles. The lowest BCUT2D eigenvalue weighted by Crippen LogP contribution is -2.11. The van der Waals surface area contributed by atoms with Crippen molar-refractivity contribution < 1.29 is 9.21 Å². The van der Waals surface area contributed by atoms with Gasteiger partial charge in [-0.05, 0) is 47.2 Å². The molecule has 2 aromatic heterocycles. The number of thioether (sulfide) groups is 1. The van der Waals surface area contributed by atoms with Gasteiger partial charge in [-0.1, -0.05) is 18.7 Å². The van der Waals surface area contributed by atoms with Gasteiger partial charge < -0.3 is 4.42 Å². The summed E-state index contributed by atoms with van der Waals surface area (Å²) in [5, 5.41) is 17.9. The molecule has 0 unspecified atom stereocenters. The lowest BCUT2D eigenvalue weighted by Gasteiger charge is -2.00. The summed E-state index contributed by atoms with van der Waals surface area (Å²) in [4.78, 5) is 13.0. The zero-order chi connectivity index (χ0) is 15.0. The van der Waals surface area contributed by atoms with E-state index < -0.39 is 5.92 Å². The molecule has 1 atom stereocenters. The molecule has 0 aliphatic carbocycles. The maximum atomic E-state index is 12.5. The summed E-state index contributed by atoms with van der Waals surface area (Å²) in [7, 11) is 0. The van der Waals surface area contributed by atoms with Gasteiger partial charge in [0.25, 0.3) is 0 Å². The van der Waals surface area contributed by atoms with Crippen LogP contribution in [0.5, 0.6) is 0 Å². The molecular formula is C13H10IN3O2S2. The number of furan rings is 1. The molecular weight excluding hydrogens is 421 g/mol. The minimum Gasteiger partial charge on any atom is -0.451 e. The molecule has 0 amide bonds. The Kier molecular flexibility index (Phi) is 4.27. The monoisotopic (exact) mass is 431 g/mol. The predicted octanol–water partition coefficient (Wildman–Crippen LogP) is 3.72. The summed E-state index contributed by atoms with van der Waals surface area (Å²) in [5.74, 6) is -0.0847. The van der Waals surface area contributed by atoms with Crippen LogP contribution in [-0.4, -0.2) is 21.0 Å². The number of hydrogen-bond acceptors (Lipinski definition) is 7. The van der Waals surface area contributed by atoms with E-state index in [0.717, 1.165) is 15.2 Å². The number of carbonyl (C=O) groups excluding carboxylic acids is 1. The molecule has 0 bridgehead atoms. The number of nitrogens with zero attached hydrogens (tertiary/aromatic N) is 2.